The maximum atomic E-state index is 12.7. The van der Waals surface area contributed by atoms with Crippen molar-refractivity contribution in [3.63, 3.8) is 0 Å². The van der Waals surface area contributed by atoms with Gasteiger partial charge in [0.1, 0.15) is 0 Å². The molecule has 3 unspecified atom stereocenters. The van der Waals surface area contributed by atoms with Crippen molar-refractivity contribution in [2.24, 2.45) is 5.73 Å². The van der Waals surface area contributed by atoms with Gasteiger partial charge in [0.2, 0.25) is 5.91 Å². The first-order valence-corrected chi connectivity index (χ1v) is 8.00. The van der Waals surface area contributed by atoms with Crippen molar-refractivity contribution < 1.29 is 9.53 Å². The fraction of sp³-hybridized carbons (Fsp3) is 0.933. The second-order valence-electron chi connectivity index (χ2n) is 6.17. The molecule has 0 radical (unpaired) electrons. The monoisotopic (exact) mass is 283 g/mol. The van der Waals surface area contributed by atoms with Crippen LogP contribution in [0.25, 0.3) is 0 Å². The molecule has 0 aliphatic carbocycles. The summed E-state index contributed by atoms with van der Waals surface area (Å²) in [5, 5.41) is 0. The summed E-state index contributed by atoms with van der Waals surface area (Å²) in [6.07, 6.45) is 4.99. The number of likely N-dealkylation sites (tertiary alicyclic amines) is 1. The molecule has 2 aliphatic heterocycles. The Hall–Kier alpha value is -0.650. The van der Waals surface area contributed by atoms with Crippen LogP contribution in [-0.4, -0.2) is 66.7 Å². The van der Waals surface area contributed by atoms with Crippen LogP contribution in [0.4, 0.5) is 0 Å². The van der Waals surface area contributed by atoms with Crippen molar-refractivity contribution >= 4 is 5.91 Å². The highest BCUT2D eigenvalue weighted by Crippen LogP contribution is 2.17. The highest BCUT2D eigenvalue weighted by atomic mass is 16.5. The molecule has 1 amide bonds. The number of carbonyl (C=O) groups excluding carboxylic acids is 1. The van der Waals surface area contributed by atoms with Crippen molar-refractivity contribution in [3.8, 4) is 0 Å². The second-order valence-corrected chi connectivity index (χ2v) is 6.17. The minimum Gasteiger partial charge on any atom is -0.371 e. The molecule has 0 spiro atoms. The molecule has 0 aromatic rings. The molecule has 5 nitrogen and oxygen atoms in total. The van der Waals surface area contributed by atoms with Gasteiger partial charge in [-0.25, -0.2) is 0 Å². The number of ether oxygens (including phenoxy) is 1. The minimum absolute atomic E-state index is 0.0538. The van der Waals surface area contributed by atoms with Gasteiger partial charge in [0.15, 0.2) is 0 Å². The molecule has 5 heteroatoms. The van der Waals surface area contributed by atoms with Gasteiger partial charge in [0.05, 0.1) is 18.2 Å². The van der Waals surface area contributed by atoms with Gasteiger partial charge < -0.3 is 15.4 Å². The summed E-state index contributed by atoms with van der Waals surface area (Å²) in [6, 6.07) is -0.0616. The molecule has 2 heterocycles. The molecule has 2 rings (SSSR count). The van der Waals surface area contributed by atoms with Crippen LogP contribution in [0.15, 0.2) is 0 Å². The first-order chi connectivity index (χ1) is 9.61. The zero-order valence-electron chi connectivity index (χ0n) is 12.9. The minimum atomic E-state index is -0.0616. The lowest BCUT2D eigenvalue weighted by Crippen LogP contribution is -2.56. The third kappa shape index (κ3) is 3.93. The number of hydrogen-bond donors (Lipinski definition) is 1. The van der Waals surface area contributed by atoms with Crippen LogP contribution in [0.5, 0.6) is 0 Å². The largest absolute Gasteiger partial charge is 0.371 e. The SMILES string of the molecule is CC1CN(C(C)C(=O)N2CCCCCC2)CC(CN)O1. The third-order valence-corrected chi connectivity index (χ3v) is 4.44. The van der Waals surface area contributed by atoms with E-state index in [1.807, 2.05) is 6.92 Å². The highest BCUT2D eigenvalue weighted by Gasteiger charge is 2.32. The Labute approximate surface area is 122 Å². The Bertz CT molecular complexity index is 316. The van der Waals surface area contributed by atoms with Crippen molar-refractivity contribution in [1.82, 2.24) is 9.80 Å². The van der Waals surface area contributed by atoms with Crippen molar-refractivity contribution in [3.05, 3.63) is 0 Å². The van der Waals surface area contributed by atoms with Crippen molar-refractivity contribution in [2.75, 3.05) is 32.7 Å². The molecule has 0 aromatic heterocycles. The van der Waals surface area contributed by atoms with Gasteiger partial charge in [-0.1, -0.05) is 12.8 Å². The number of rotatable bonds is 3. The van der Waals surface area contributed by atoms with E-state index in [1.165, 1.54) is 12.8 Å². The average Bonchev–Trinajstić information content (AvgIpc) is 2.74. The Balaban J connectivity index is 1.94. The maximum absolute atomic E-state index is 12.7. The predicted octanol–water partition coefficient (Wildman–Crippen LogP) is 0.826. The summed E-state index contributed by atoms with van der Waals surface area (Å²) >= 11 is 0. The number of nitrogens with two attached hydrogens (primary N) is 1. The number of amides is 1. The van der Waals surface area contributed by atoms with Crippen LogP contribution in [0.2, 0.25) is 0 Å². The van der Waals surface area contributed by atoms with Gasteiger partial charge in [0, 0.05) is 32.7 Å². The first-order valence-electron chi connectivity index (χ1n) is 8.00. The van der Waals surface area contributed by atoms with E-state index in [4.69, 9.17) is 10.5 Å². The standard InChI is InChI=1S/C15H29N3O2/c1-12-10-18(11-14(9-16)20-12)13(2)15(19)17-7-5-3-4-6-8-17/h12-14H,3-11,16H2,1-2H3. The van der Waals surface area contributed by atoms with E-state index >= 15 is 0 Å². The van der Waals surface area contributed by atoms with Crippen molar-refractivity contribution in [1.29, 1.82) is 0 Å². The lowest BCUT2D eigenvalue weighted by molar-refractivity contribution is -0.142. The van der Waals surface area contributed by atoms with Crippen LogP contribution >= 0.6 is 0 Å². The van der Waals surface area contributed by atoms with E-state index in [0.29, 0.717) is 6.54 Å². The van der Waals surface area contributed by atoms with Gasteiger partial charge in [-0.3, -0.25) is 9.69 Å². The summed E-state index contributed by atoms with van der Waals surface area (Å²) in [5.74, 6) is 0.275. The molecule has 0 bridgehead atoms. The zero-order chi connectivity index (χ0) is 14.5. The normalized spacial score (nSPS) is 30.9. The summed E-state index contributed by atoms with van der Waals surface area (Å²) in [4.78, 5) is 16.9. The quantitative estimate of drug-likeness (QED) is 0.833. The topological polar surface area (TPSA) is 58.8 Å². The van der Waals surface area contributed by atoms with E-state index in [0.717, 1.165) is 39.0 Å². The Kier molecular flexibility index (Phi) is 5.81. The van der Waals surface area contributed by atoms with Crippen LogP contribution in [0.3, 0.4) is 0 Å². The number of hydrogen-bond acceptors (Lipinski definition) is 4. The summed E-state index contributed by atoms with van der Waals surface area (Å²) in [7, 11) is 0. The highest BCUT2D eigenvalue weighted by molar-refractivity contribution is 5.81. The van der Waals surface area contributed by atoms with Crippen LogP contribution in [-0.2, 0) is 9.53 Å². The second kappa shape index (κ2) is 7.38. The Morgan fingerprint density at radius 2 is 1.90 bits per heavy atom. The third-order valence-electron chi connectivity index (χ3n) is 4.44. The molecule has 2 aliphatic rings. The van der Waals surface area contributed by atoms with Crippen molar-refractivity contribution in [2.45, 2.75) is 57.8 Å². The lowest BCUT2D eigenvalue weighted by atomic mass is 10.1. The first kappa shape index (κ1) is 15.7. The summed E-state index contributed by atoms with van der Waals surface area (Å²) < 4.78 is 5.77. The predicted molar refractivity (Wildman–Crippen MR) is 79.5 cm³/mol. The molecule has 0 saturated carbocycles. The lowest BCUT2D eigenvalue weighted by Gasteiger charge is -2.40. The number of nitrogens with zero attached hydrogens (tertiary/aromatic N) is 2. The van der Waals surface area contributed by atoms with Gasteiger partial charge >= 0.3 is 0 Å². The molecule has 116 valence electrons. The molecule has 2 fully saturated rings. The van der Waals surface area contributed by atoms with E-state index in [9.17, 15) is 4.79 Å². The average molecular weight is 283 g/mol. The molecule has 3 atom stereocenters. The van der Waals surface area contributed by atoms with Crippen LogP contribution in [0, 0.1) is 0 Å². The summed E-state index contributed by atoms with van der Waals surface area (Å²) in [6.45, 7) is 8.02. The zero-order valence-corrected chi connectivity index (χ0v) is 12.9. The molecule has 0 aromatic carbocycles. The number of carbonyl (C=O) groups is 1. The summed E-state index contributed by atoms with van der Waals surface area (Å²) in [5.41, 5.74) is 5.72. The maximum Gasteiger partial charge on any atom is 0.239 e. The van der Waals surface area contributed by atoms with E-state index in [1.54, 1.807) is 0 Å². The fourth-order valence-corrected chi connectivity index (χ4v) is 3.24. The smallest absolute Gasteiger partial charge is 0.239 e. The molecular weight excluding hydrogens is 254 g/mol. The van der Waals surface area contributed by atoms with Gasteiger partial charge in [-0.2, -0.15) is 0 Å². The van der Waals surface area contributed by atoms with Gasteiger partial charge in [-0.05, 0) is 26.7 Å². The fourth-order valence-electron chi connectivity index (χ4n) is 3.24. The van der Waals surface area contributed by atoms with Gasteiger partial charge in [-0.15, -0.1) is 0 Å². The van der Waals surface area contributed by atoms with E-state index < -0.39 is 0 Å². The van der Waals surface area contributed by atoms with Crippen LogP contribution < -0.4 is 5.73 Å². The number of morpholine rings is 1. The molecule has 20 heavy (non-hydrogen) atoms. The van der Waals surface area contributed by atoms with Gasteiger partial charge in [0.25, 0.3) is 0 Å². The van der Waals surface area contributed by atoms with E-state index in [2.05, 4.69) is 16.7 Å². The Morgan fingerprint density at radius 3 is 2.50 bits per heavy atom. The molecule has 2 N–H and O–H groups in total. The Morgan fingerprint density at radius 1 is 1.25 bits per heavy atom. The van der Waals surface area contributed by atoms with Crippen LogP contribution in [0.1, 0.15) is 39.5 Å². The van der Waals surface area contributed by atoms with E-state index in [-0.39, 0.29) is 24.2 Å². The molecular formula is C15H29N3O2. The molecule has 2 saturated heterocycles.